The van der Waals surface area contributed by atoms with Gasteiger partial charge in [-0.25, -0.2) is 8.42 Å². The molecule has 11 heteroatoms. The fraction of sp³-hybridized carbons (Fsp3) is 0.300. The van der Waals surface area contributed by atoms with E-state index in [0.29, 0.717) is 12.1 Å². The molecule has 9 nitrogen and oxygen atoms in total. The molecule has 0 aliphatic rings. The van der Waals surface area contributed by atoms with Crippen molar-refractivity contribution in [1.82, 2.24) is 4.72 Å². The summed E-state index contributed by atoms with van der Waals surface area (Å²) in [5.41, 5.74) is -0.917. The normalized spacial score (nSPS) is 14.4. The molecular formula is C10H11FN2O7S. The van der Waals surface area contributed by atoms with Gasteiger partial charge >= 0.3 is 11.7 Å². The molecule has 0 heterocycles. The fourth-order valence-electron chi connectivity index (χ4n) is 1.39. The summed E-state index contributed by atoms with van der Waals surface area (Å²) in [5.74, 6) is -3.01. The van der Waals surface area contributed by atoms with E-state index in [9.17, 15) is 32.8 Å². The molecule has 0 aromatic heterocycles. The Morgan fingerprint density at radius 3 is 2.43 bits per heavy atom. The highest BCUT2D eigenvalue weighted by Gasteiger charge is 2.30. The van der Waals surface area contributed by atoms with E-state index in [4.69, 9.17) is 5.11 Å². The van der Waals surface area contributed by atoms with Gasteiger partial charge in [0.1, 0.15) is 6.04 Å². The van der Waals surface area contributed by atoms with Crippen LogP contribution in [0, 0.1) is 15.9 Å². The highest BCUT2D eigenvalue weighted by molar-refractivity contribution is 7.89. The van der Waals surface area contributed by atoms with Gasteiger partial charge in [0.05, 0.1) is 15.9 Å². The summed E-state index contributed by atoms with van der Waals surface area (Å²) in [4.78, 5) is 19.5. The van der Waals surface area contributed by atoms with Crippen LogP contribution in [0.1, 0.15) is 6.92 Å². The molecule has 0 saturated carbocycles. The van der Waals surface area contributed by atoms with E-state index in [0.717, 1.165) is 13.0 Å². The molecule has 0 amide bonds. The molecule has 21 heavy (non-hydrogen) atoms. The second-order valence-corrected chi connectivity index (χ2v) is 5.76. The predicted molar refractivity (Wildman–Crippen MR) is 66.5 cm³/mol. The van der Waals surface area contributed by atoms with Crippen LogP contribution < -0.4 is 4.72 Å². The molecule has 3 N–H and O–H groups in total. The van der Waals surface area contributed by atoms with E-state index >= 15 is 0 Å². The van der Waals surface area contributed by atoms with Crippen molar-refractivity contribution in [2.24, 2.45) is 0 Å². The summed E-state index contributed by atoms with van der Waals surface area (Å²) in [6.07, 6.45) is -1.54. The Labute approximate surface area is 118 Å². The standard InChI is InChI=1S/C10H11FN2O7S/c1-5(14)9(10(15)16)12-21(19,20)6-2-3-8(13(17)18)7(11)4-6/h2-5,9,12,14H,1H3,(H,15,16). The fourth-order valence-corrected chi connectivity index (χ4v) is 2.67. The Morgan fingerprint density at radius 2 is 2.05 bits per heavy atom. The number of carbonyl (C=O) groups is 1. The van der Waals surface area contributed by atoms with Crippen LogP contribution in [0.15, 0.2) is 23.1 Å². The number of nitrogens with one attached hydrogen (secondary N) is 1. The number of aliphatic hydroxyl groups is 1. The average molecular weight is 322 g/mol. The van der Waals surface area contributed by atoms with Crippen molar-refractivity contribution in [1.29, 1.82) is 0 Å². The Morgan fingerprint density at radius 1 is 1.48 bits per heavy atom. The number of nitro groups is 1. The lowest BCUT2D eigenvalue weighted by molar-refractivity contribution is -0.387. The summed E-state index contributed by atoms with van der Waals surface area (Å²) in [7, 11) is -4.47. The van der Waals surface area contributed by atoms with E-state index in [1.165, 1.54) is 0 Å². The number of nitrogens with zero attached hydrogens (tertiary/aromatic N) is 1. The van der Waals surface area contributed by atoms with Crippen LogP contribution >= 0.6 is 0 Å². The molecule has 2 unspecified atom stereocenters. The second-order valence-electron chi connectivity index (χ2n) is 4.05. The lowest BCUT2D eigenvalue weighted by Crippen LogP contribution is -2.47. The number of nitro benzene ring substituents is 1. The van der Waals surface area contributed by atoms with Gasteiger partial charge < -0.3 is 10.2 Å². The van der Waals surface area contributed by atoms with Gasteiger partial charge in [-0.05, 0) is 13.0 Å². The SMILES string of the molecule is CC(O)C(NS(=O)(=O)c1ccc([N+](=O)[O-])c(F)c1)C(=O)O. The molecule has 0 spiro atoms. The van der Waals surface area contributed by atoms with Crippen LogP contribution in [0.25, 0.3) is 0 Å². The largest absolute Gasteiger partial charge is 0.480 e. The maximum Gasteiger partial charge on any atom is 0.324 e. The molecule has 0 aliphatic heterocycles. The smallest absolute Gasteiger partial charge is 0.324 e. The molecule has 1 aromatic rings. The lowest BCUT2D eigenvalue weighted by Gasteiger charge is -2.17. The summed E-state index contributed by atoms with van der Waals surface area (Å²) < 4.78 is 38.8. The molecule has 1 aromatic carbocycles. The number of carboxylic acids is 1. The summed E-state index contributed by atoms with van der Waals surface area (Å²) in [6, 6.07) is -0.0539. The van der Waals surface area contributed by atoms with Crippen LogP contribution in [0.3, 0.4) is 0 Å². The zero-order chi connectivity index (χ0) is 16.4. The Balaban J connectivity index is 3.17. The van der Waals surface area contributed by atoms with Crippen molar-refractivity contribution < 1.29 is 32.7 Å². The summed E-state index contributed by atoms with van der Waals surface area (Å²) in [6.45, 7) is 1.05. The molecule has 0 bridgehead atoms. The average Bonchev–Trinajstić information content (AvgIpc) is 2.34. The second kappa shape index (κ2) is 6.11. The minimum Gasteiger partial charge on any atom is -0.480 e. The van der Waals surface area contributed by atoms with Gasteiger partial charge in [0.2, 0.25) is 15.8 Å². The van der Waals surface area contributed by atoms with E-state index in [1.807, 2.05) is 0 Å². The van der Waals surface area contributed by atoms with E-state index in [1.54, 1.807) is 4.72 Å². The first-order valence-corrected chi connectivity index (χ1v) is 6.91. The number of hydrogen-bond acceptors (Lipinski definition) is 6. The quantitative estimate of drug-likeness (QED) is 0.487. The van der Waals surface area contributed by atoms with E-state index in [2.05, 4.69) is 0 Å². The van der Waals surface area contributed by atoms with Crippen LogP contribution in [0.4, 0.5) is 10.1 Å². The highest BCUT2D eigenvalue weighted by Crippen LogP contribution is 2.21. The molecule has 0 fully saturated rings. The zero-order valence-corrected chi connectivity index (χ0v) is 11.4. The van der Waals surface area contributed by atoms with Gasteiger partial charge in [-0.2, -0.15) is 9.11 Å². The molecule has 0 saturated heterocycles. The number of aliphatic hydroxyl groups excluding tert-OH is 1. The number of carboxylic acid groups (broad SMARTS) is 1. The first kappa shape index (κ1) is 16.9. The molecule has 116 valence electrons. The summed E-state index contributed by atoms with van der Waals surface area (Å²) >= 11 is 0. The number of aliphatic carboxylic acids is 1. The molecule has 2 atom stereocenters. The third kappa shape index (κ3) is 3.93. The third-order valence-electron chi connectivity index (χ3n) is 2.46. The van der Waals surface area contributed by atoms with Crippen molar-refractivity contribution in [3.63, 3.8) is 0 Å². The number of hydrogen-bond donors (Lipinski definition) is 3. The maximum atomic E-state index is 13.4. The van der Waals surface area contributed by atoms with Gasteiger partial charge in [-0.15, -0.1) is 0 Å². The Hall–Kier alpha value is -2.11. The minimum absolute atomic E-state index is 0.390. The van der Waals surface area contributed by atoms with Crippen LogP contribution in [-0.2, 0) is 14.8 Å². The van der Waals surface area contributed by atoms with Crippen LogP contribution in [0.5, 0.6) is 0 Å². The first-order valence-electron chi connectivity index (χ1n) is 5.43. The van der Waals surface area contributed by atoms with Gasteiger partial charge in [0.25, 0.3) is 0 Å². The van der Waals surface area contributed by atoms with Crippen LogP contribution in [0.2, 0.25) is 0 Å². The topological polar surface area (TPSA) is 147 Å². The molecule has 1 rings (SSSR count). The van der Waals surface area contributed by atoms with Crippen LogP contribution in [-0.4, -0.2) is 41.7 Å². The Kier molecular flexibility index (Phi) is 4.93. The number of rotatable bonds is 6. The minimum atomic E-state index is -4.47. The molecule has 0 aliphatic carbocycles. The molecule has 0 radical (unpaired) electrons. The Bertz CT molecular complexity index is 674. The predicted octanol–water partition coefficient (Wildman–Crippen LogP) is -0.154. The van der Waals surface area contributed by atoms with Crippen molar-refractivity contribution >= 4 is 21.7 Å². The van der Waals surface area contributed by atoms with Gasteiger partial charge in [-0.1, -0.05) is 0 Å². The maximum absolute atomic E-state index is 13.4. The lowest BCUT2D eigenvalue weighted by atomic mass is 10.2. The number of sulfonamides is 1. The van der Waals surface area contributed by atoms with Gasteiger partial charge in [0.15, 0.2) is 0 Å². The van der Waals surface area contributed by atoms with E-state index in [-0.39, 0.29) is 0 Å². The van der Waals surface area contributed by atoms with Crippen molar-refractivity contribution in [3.05, 3.63) is 34.1 Å². The number of halogens is 1. The van der Waals surface area contributed by atoms with Crippen molar-refractivity contribution in [3.8, 4) is 0 Å². The van der Waals surface area contributed by atoms with E-state index < -0.39 is 49.5 Å². The highest BCUT2D eigenvalue weighted by atomic mass is 32.2. The van der Waals surface area contributed by atoms with Gasteiger partial charge in [0, 0.05) is 12.1 Å². The van der Waals surface area contributed by atoms with Crippen molar-refractivity contribution in [2.45, 2.75) is 24.0 Å². The van der Waals surface area contributed by atoms with Gasteiger partial charge in [-0.3, -0.25) is 14.9 Å². The number of benzene rings is 1. The zero-order valence-electron chi connectivity index (χ0n) is 10.6. The molecular weight excluding hydrogens is 311 g/mol. The van der Waals surface area contributed by atoms with Crippen molar-refractivity contribution in [2.75, 3.05) is 0 Å². The monoisotopic (exact) mass is 322 g/mol. The third-order valence-corrected chi connectivity index (χ3v) is 3.90. The first-order chi connectivity index (χ1) is 9.56. The summed E-state index contributed by atoms with van der Waals surface area (Å²) in [5, 5.41) is 28.4.